The number of carbonyl (C=O) groups excluding carboxylic acids is 1. The average molecular weight is 361 g/mol. The van der Waals surface area contributed by atoms with Crippen molar-refractivity contribution in [1.29, 1.82) is 0 Å². The number of benzene rings is 2. The summed E-state index contributed by atoms with van der Waals surface area (Å²) in [6, 6.07) is 14.8. The molecule has 0 aliphatic carbocycles. The third kappa shape index (κ3) is 6.40. The lowest BCUT2D eigenvalue weighted by atomic mass is 10.1. The van der Waals surface area contributed by atoms with Gasteiger partial charge < -0.3 is 15.0 Å². The molecule has 0 spiro atoms. The van der Waals surface area contributed by atoms with Crippen molar-refractivity contribution in [2.75, 3.05) is 27.2 Å². The van der Waals surface area contributed by atoms with Crippen LogP contribution in [0.3, 0.4) is 0 Å². The lowest BCUT2D eigenvalue weighted by Crippen LogP contribution is -2.32. The molecule has 1 amide bonds. The van der Waals surface area contributed by atoms with Gasteiger partial charge in [0.25, 0.3) is 5.91 Å². The minimum Gasteiger partial charge on any atom is -0.489 e. The van der Waals surface area contributed by atoms with E-state index in [1.807, 2.05) is 50.5 Å². The minimum atomic E-state index is -0.0891. The Hall–Kier alpha value is -2.04. The lowest BCUT2D eigenvalue weighted by Gasteiger charge is -2.17. The lowest BCUT2D eigenvalue weighted by molar-refractivity contribution is 0.0945. The smallest absolute Gasteiger partial charge is 0.251 e. The van der Waals surface area contributed by atoms with E-state index in [9.17, 15) is 4.79 Å². The predicted octanol–water partition coefficient (Wildman–Crippen LogP) is 3.85. The Morgan fingerprint density at radius 2 is 1.96 bits per heavy atom. The van der Waals surface area contributed by atoms with Crippen molar-refractivity contribution in [2.45, 2.75) is 13.5 Å². The summed E-state index contributed by atoms with van der Waals surface area (Å²) in [6.07, 6.45) is 0. The van der Waals surface area contributed by atoms with Gasteiger partial charge in [0.2, 0.25) is 0 Å². The van der Waals surface area contributed by atoms with Crippen molar-refractivity contribution in [3.8, 4) is 5.75 Å². The molecule has 0 heterocycles. The summed E-state index contributed by atoms with van der Waals surface area (Å²) >= 11 is 6.13. The van der Waals surface area contributed by atoms with Gasteiger partial charge in [-0.15, -0.1) is 0 Å². The van der Waals surface area contributed by atoms with Gasteiger partial charge in [0, 0.05) is 29.2 Å². The first-order valence-corrected chi connectivity index (χ1v) is 8.72. The van der Waals surface area contributed by atoms with E-state index in [0.717, 1.165) is 12.1 Å². The molecular weight excluding hydrogens is 336 g/mol. The van der Waals surface area contributed by atoms with Crippen LogP contribution in [0.15, 0.2) is 48.5 Å². The van der Waals surface area contributed by atoms with Crippen molar-refractivity contribution < 1.29 is 9.53 Å². The Morgan fingerprint density at radius 1 is 1.20 bits per heavy atom. The number of ether oxygens (including phenoxy) is 1. The summed E-state index contributed by atoms with van der Waals surface area (Å²) in [5.41, 5.74) is 1.50. The first kappa shape index (κ1) is 19.3. The highest BCUT2D eigenvalue weighted by Crippen LogP contribution is 2.19. The summed E-state index contributed by atoms with van der Waals surface area (Å²) < 4.78 is 5.77. The number of nitrogens with zero attached hydrogens (tertiary/aromatic N) is 1. The molecule has 2 rings (SSSR count). The van der Waals surface area contributed by atoms with Crippen LogP contribution in [0.1, 0.15) is 22.8 Å². The van der Waals surface area contributed by atoms with Crippen LogP contribution in [0.4, 0.5) is 0 Å². The van der Waals surface area contributed by atoms with E-state index in [-0.39, 0.29) is 5.91 Å². The van der Waals surface area contributed by atoms with Gasteiger partial charge in [-0.05, 0) is 44.3 Å². The zero-order chi connectivity index (χ0) is 18.2. The number of rotatable bonds is 8. The predicted molar refractivity (Wildman–Crippen MR) is 102 cm³/mol. The molecular formula is C20H25ClN2O2. The van der Waals surface area contributed by atoms with E-state index in [1.165, 1.54) is 0 Å². The normalized spacial score (nSPS) is 12.0. The Labute approximate surface area is 154 Å². The first-order chi connectivity index (χ1) is 12.0. The second kappa shape index (κ2) is 9.44. The fourth-order valence-electron chi connectivity index (χ4n) is 2.56. The van der Waals surface area contributed by atoms with Gasteiger partial charge in [-0.3, -0.25) is 4.79 Å². The van der Waals surface area contributed by atoms with Crippen LogP contribution in [0.5, 0.6) is 5.75 Å². The van der Waals surface area contributed by atoms with Crippen LogP contribution in [-0.4, -0.2) is 38.0 Å². The molecule has 0 aromatic heterocycles. The van der Waals surface area contributed by atoms with Crippen molar-refractivity contribution in [3.63, 3.8) is 0 Å². The molecule has 2 aromatic carbocycles. The fourth-order valence-corrected chi connectivity index (χ4v) is 2.75. The summed E-state index contributed by atoms with van der Waals surface area (Å²) in [5, 5.41) is 3.64. The SMILES string of the molecule is C[C@H](CNC(=O)c1cccc(OCc2ccccc2Cl)c1)CN(C)C. The quantitative estimate of drug-likeness (QED) is 0.777. The van der Waals surface area contributed by atoms with E-state index in [4.69, 9.17) is 16.3 Å². The number of carbonyl (C=O) groups is 1. The van der Waals surface area contributed by atoms with Crippen LogP contribution < -0.4 is 10.1 Å². The largest absolute Gasteiger partial charge is 0.489 e. The van der Waals surface area contributed by atoms with Gasteiger partial charge in [-0.1, -0.05) is 42.8 Å². The van der Waals surface area contributed by atoms with E-state index >= 15 is 0 Å². The molecule has 0 aliphatic rings. The summed E-state index contributed by atoms with van der Waals surface area (Å²) in [7, 11) is 4.05. The number of hydrogen-bond acceptors (Lipinski definition) is 3. The monoisotopic (exact) mass is 360 g/mol. The zero-order valence-electron chi connectivity index (χ0n) is 15.0. The fraction of sp³-hybridized carbons (Fsp3) is 0.350. The Kier molecular flexibility index (Phi) is 7.29. The molecule has 1 N–H and O–H groups in total. The maximum atomic E-state index is 12.3. The first-order valence-electron chi connectivity index (χ1n) is 8.35. The second-order valence-corrected chi connectivity index (χ2v) is 6.89. The van der Waals surface area contributed by atoms with Crippen molar-refractivity contribution >= 4 is 17.5 Å². The number of hydrogen-bond donors (Lipinski definition) is 1. The molecule has 0 aliphatic heterocycles. The van der Waals surface area contributed by atoms with Crippen LogP contribution in [0.2, 0.25) is 5.02 Å². The van der Waals surface area contributed by atoms with Gasteiger partial charge in [0.15, 0.2) is 0 Å². The van der Waals surface area contributed by atoms with Crippen LogP contribution >= 0.6 is 11.6 Å². The molecule has 0 bridgehead atoms. The standard InChI is InChI=1S/C20H25ClN2O2/c1-15(13-23(2)3)12-22-20(24)16-8-6-9-18(11-16)25-14-17-7-4-5-10-19(17)21/h4-11,15H,12-14H2,1-3H3,(H,22,24)/t15-/m1/s1. The summed E-state index contributed by atoms with van der Waals surface area (Å²) in [4.78, 5) is 14.4. The number of amides is 1. The topological polar surface area (TPSA) is 41.6 Å². The molecule has 0 radical (unpaired) electrons. The van der Waals surface area contributed by atoms with Crippen LogP contribution in [0, 0.1) is 5.92 Å². The summed E-state index contributed by atoms with van der Waals surface area (Å²) in [6.45, 7) is 4.05. The number of halogens is 1. The maximum Gasteiger partial charge on any atom is 0.251 e. The molecule has 4 nitrogen and oxygen atoms in total. The Morgan fingerprint density at radius 3 is 2.68 bits per heavy atom. The van der Waals surface area contributed by atoms with Gasteiger partial charge in [0.05, 0.1) is 0 Å². The molecule has 0 saturated heterocycles. The highest BCUT2D eigenvalue weighted by atomic mass is 35.5. The molecule has 134 valence electrons. The second-order valence-electron chi connectivity index (χ2n) is 6.49. The Balaban J connectivity index is 1.91. The van der Waals surface area contributed by atoms with Crippen molar-refractivity contribution in [1.82, 2.24) is 10.2 Å². The van der Waals surface area contributed by atoms with E-state index in [2.05, 4.69) is 17.1 Å². The van der Waals surface area contributed by atoms with Crippen LogP contribution in [0.25, 0.3) is 0 Å². The van der Waals surface area contributed by atoms with Gasteiger partial charge in [-0.2, -0.15) is 0 Å². The average Bonchev–Trinajstić information content (AvgIpc) is 2.58. The molecule has 1 atom stereocenters. The third-order valence-corrected chi connectivity index (χ3v) is 4.11. The Bertz CT molecular complexity index is 704. The minimum absolute atomic E-state index is 0.0891. The molecule has 0 fully saturated rings. The van der Waals surface area contributed by atoms with E-state index < -0.39 is 0 Å². The number of nitrogens with one attached hydrogen (secondary N) is 1. The van der Waals surface area contributed by atoms with Gasteiger partial charge in [0.1, 0.15) is 12.4 Å². The zero-order valence-corrected chi connectivity index (χ0v) is 15.7. The maximum absolute atomic E-state index is 12.3. The molecule has 2 aromatic rings. The van der Waals surface area contributed by atoms with Crippen LogP contribution in [-0.2, 0) is 6.61 Å². The molecule has 25 heavy (non-hydrogen) atoms. The molecule has 0 saturated carbocycles. The third-order valence-electron chi connectivity index (χ3n) is 3.74. The summed E-state index contributed by atoms with van der Waals surface area (Å²) in [5.74, 6) is 0.946. The highest BCUT2D eigenvalue weighted by molar-refractivity contribution is 6.31. The van der Waals surface area contributed by atoms with E-state index in [1.54, 1.807) is 12.1 Å². The molecule has 0 unspecified atom stereocenters. The van der Waals surface area contributed by atoms with Gasteiger partial charge >= 0.3 is 0 Å². The van der Waals surface area contributed by atoms with E-state index in [0.29, 0.717) is 35.4 Å². The van der Waals surface area contributed by atoms with Gasteiger partial charge in [-0.25, -0.2) is 0 Å². The van der Waals surface area contributed by atoms with Crippen molar-refractivity contribution in [3.05, 3.63) is 64.7 Å². The highest BCUT2D eigenvalue weighted by Gasteiger charge is 2.10. The molecule has 5 heteroatoms. The van der Waals surface area contributed by atoms with Crippen molar-refractivity contribution in [2.24, 2.45) is 5.92 Å².